The van der Waals surface area contributed by atoms with Crippen molar-refractivity contribution in [2.75, 3.05) is 25.0 Å². The number of amides is 1. The molecule has 2 aliphatic rings. The predicted molar refractivity (Wildman–Crippen MR) is 107 cm³/mol. The Morgan fingerprint density at radius 3 is 2.58 bits per heavy atom. The molecule has 2 aromatic heterocycles. The summed E-state index contributed by atoms with van der Waals surface area (Å²) in [4.78, 5) is 28.6. The van der Waals surface area contributed by atoms with E-state index in [1.54, 1.807) is 17.7 Å². The number of fused-ring (bicyclic) bond motifs is 1. The number of hydrogen-bond donors (Lipinski definition) is 0. The summed E-state index contributed by atoms with van der Waals surface area (Å²) in [6, 6.07) is 0.387. The summed E-state index contributed by atoms with van der Waals surface area (Å²) in [5, 5.41) is 1.19. The lowest BCUT2D eigenvalue weighted by Gasteiger charge is -2.35. The molecule has 6 heteroatoms. The second-order valence-corrected chi connectivity index (χ2v) is 9.15. The summed E-state index contributed by atoms with van der Waals surface area (Å²) in [6.07, 6.45) is 6.05. The first-order chi connectivity index (χ1) is 12.5. The monoisotopic (exact) mass is 372 g/mol. The fourth-order valence-electron chi connectivity index (χ4n) is 4.13. The van der Waals surface area contributed by atoms with Crippen molar-refractivity contribution in [1.82, 2.24) is 14.9 Å². The number of carbonyl (C=O) groups is 1. The van der Waals surface area contributed by atoms with Crippen LogP contribution in [0.2, 0.25) is 0 Å². The highest BCUT2D eigenvalue weighted by Crippen LogP contribution is 2.37. The lowest BCUT2D eigenvalue weighted by molar-refractivity contribution is -0.137. The molecule has 2 aromatic rings. The first-order valence-corrected chi connectivity index (χ1v) is 10.5. The summed E-state index contributed by atoms with van der Waals surface area (Å²) in [5.41, 5.74) is 1.29. The zero-order valence-electron chi connectivity index (χ0n) is 16.2. The third-order valence-corrected chi connectivity index (χ3v) is 7.47. The van der Waals surface area contributed by atoms with Crippen LogP contribution in [-0.2, 0) is 4.79 Å². The highest BCUT2D eigenvalue weighted by Gasteiger charge is 2.36. The summed E-state index contributed by atoms with van der Waals surface area (Å²) in [6.45, 7) is 8.29. The molecular weight excluding hydrogens is 344 g/mol. The average Bonchev–Trinajstić information content (AvgIpc) is 3.46. The summed E-state index contributed by atoms with van der Waals surface area (Å²) < 4.78 is 0. The van der Waals surface area contributed by atoms with Crippen molar-refractivity contribution in [3.8, 4) is 0 Å². The Morgan fingerprint density at radius 1 is 1.23 bits per heavy atom. The Balaban J connectivity index is 1.46. The Labute approximate surface area is 159 Å². The molecule has 1 atom stereocenters. The predicted octanol–water partition coefficient (Wildman–Crippen LogP) is 3.78. The van der Waals surface area contributed by atoms with E-state index in [-0.39, 0.29) is 5.92 Å². The fourth-order valence-corrected chi connectivity index (χ4v) is 5.12. The molecule has 140 valence electrons. The minimum atomic E-state index is 0.153. The van der Waals surface area contributed by atoms with Crippen LogP contribution >= 0.6 is 11.3 Å². The van der Waals surface area contributed by atoms with Gasteiger partial charge >= 0.3 is 0 Å². The zero-order chi connectivity index (χ0) is 18.4. The molecule has 1 saturated carbocycles. The number of aromatic nitrogens is 2. The third-order valence-electron chi connectivity index (χ3n) is 6.35. The van der Waals surface area contributed by atoms with Crippen molar-refractivity contribution in [1.29, 1.82) is 0 Å². The van der Waals surface area contributed by atoms with Gasteiger partial charge in [0.05, 0.1) is 5.39 Å². The number of rotatable bonds is 4. The standard InChI is InChI=1S/C20H28N4OS/c1-12-14(3)26-19-17(12)18(21-11-22-19)24-9-7-16(8-10-24)20(25)23(4)13(2)15-5-6-15/h11,13,15-16H,5-10H2,1-4H3. The van der Waals surface area contributed by atoms with Crippen LogP contribution in [-0.4, -0.2) is 47.0 Å². The quantitative estimate of drug-likeness (QED) is 0.819. The van der Waals surface area contributed by atoms with Crippen LogP contribution in [0.4, 0.5) is 5.82 Å². The number of aryl methyl sites for hydroxylation is 2. The molecule has 0 spiro atoms. The molecule has 1 amide bonds. The molecule has 0 aromatic carbocycles. The molecule has 0 bridgehead atoms. The number of carbonyl (C=O) groups excluding carboxylic acids is 1. The highest BCUT2D eigenvalue weighted by molar-refractivity contribution is 7.18. The zero-order valence-corrected chi connectivity index (χ0v) is 17.0. The molecular formula is C20H28N4OS. The van der Waals surface area contributed by atoms with Gasteiger partial charge in [-0.3, -0.25) is 4.79 Å². The van der Waals surface area contributed by atoms with E-state index in [1.807, 2.05) is 11.9 Å². The van der Waals surface area contributed by atoms with Crippen LogP contribution in [0, 0.1) is 25.7 Å². The molecule has 5 nitrogen and oxygen atoms in total. The van der Waals surface area contributed by atoms with Crippen molar-refractivity contribution in [2.45, 2.75) is 52.5 Å². The van der Waals surface area contributed by atoms with Gasteiger partial charge in [-0.1, -0.05) is 0 Å². The molecule has 1 aliphatic carbocycles. The molecule has 1 aliphatic heterocycles. The Bertz CT molecular complexity index is 821. The number of hydrogen-bond acceptors (Lipinski definition) is 5. The molecule has 26 heavy (non-hydrogen) atoms. The Morgan fingerprint density at radius 2 is 1.92 bits per heavy atom. The second kappa shape index (κ2) is 6.80. The minimum Gasteiger partial charge on any atom is -0.356 e. The van der Waals surface area contributed by atoms with Gasteiger partial charge in [0, 0.05) is 37.0 Å². The van der Waals surface area contributed by atoms with Crippen molar-refractivity contribution in [3.05, 3.63) is 16.8 Å². The second-order valence-electron chi connectivity index (χ2n) is 7.95. The normalized spacial score (nSPS) is 19.8. The van der Waals surface area contributed by atoms with E-state index >= 15 is 0 Å². The summed E-state index contributed by atoms with van der Waals surface area (Å²) in [5.74, 6) is 2.25. The van der Waals surface area contributed by atoms with Gasteiger partial charge in [0.2, 0.25) is 5.91 Å². The molecule has 3 heterocycles. The molecule has 2 fully saturated rings. The smallest absolute Gasteiger partial charge is 0.225 e. The molecule has 4 rings (SSSR count). The van der Waals surface area contributed by atoms with E-state index < -0.39 is 0 Å². The van der Waals surface area contributed by atoms with Gasteiger partial charge in [-0.15, -0.1) is 11.3 Å². The van der Waals surface area contributed by atoms with Gasteiger partial charge in [0.15, 0.2) is 0 Å². The fraction of sp³-hybridized carbons (Fsp3) is 0.650. The third kappa shape index (κ3) is 3.08. The summed E-state index contributed by atoms with van der Waals surface area (Å²) in [7, 11) is 1.99. The first-order valence-electron chi connectivity index (χ1n) is 9.69. The minimum absolute atomic E-state index is 0.153. The molecule has 1 unspecified atom stereocenters. The topological polar surface area (TPSA) is 49.3 Å². The van der Waals surface area contributed by atoms with E-state index in [0.29, 0.717) is 11.9 Å². The van der Waals surface area contributed by atoms with Gasteiger partial charge in [-0.05, 0) is 57.9 Å². The van der Waals surface area contributed by atoms with Gasteiger partial charge in [-0.2, -0.15) is 0 Å². The maximum Gasteiger partial charge on any atom is 0.225 e. The van der Waals surface area contributed by atoms with Crippen LogP contribution < -0.4 is 4.90 Å². The van der Waals surface area contributed by atoms with E-state index in [0.717, 1.165) is 42.5 Å². The van der Waals surface area contributed by atoms with Crippen LogP contribution in [0.3, 0.4) is 0 Å². The van der Waals surface area contributed by atoms with E-state index in [2.05, 4.69) is 35.6 Å². The van der Waals surface area contributed by atoms with Crippen molar-refractivity contribution in [2.24, 2.45) is 11.8 Å². The van der Waals surface area contributed by atoms with Gasteiger partial charge in [0.1, 0.15) is 17.0 Å². The van der Waals surface area contributed by atoms with Crippen molar-refractivity contribution >= 4 is 33.3 Å². The highest BCUT2D eigenvalue weighted by atomic mass is 32.1. The van der Waals surface area contributed by atoms with Crippen LogP contribution in [0.15, 0.2) is 6.33 Å². The van der Waals surface area contributed by atoms with E-state index in [1.165, 1.54) is 28.7 Å². The first kappa shape index (κ1) is 17.7. The Kier molecular flexibility index (Phi) is 4.63. The van der Waals surface area contributed by atoms with E-state index in [9.17, 15) is 4.79 Å². The van der Waals surface area contributed by atoms with Crippen molar-refractivity contribution in [3.63, 3.8) is 0 Å². The van der Waals surface area contributed by atoms with Gasteiger partial charge in [-0.25, -0.2) is 9.97 Å². The molecule has 0 radical (unpaired) electrons. The van der Waals surface area contributed by atoms with Crippen LogP contribution in [0.5, 0.6) is 0 Å². The number of anilines is 1. The summed E-state index contributed by atoms with van der Waals surface area (Å²) >= 11 is 1.74. The Hall–Kier alpha value is -1.69. The maximum atomic E-state index is 12.9. The van der Waals surface area contributed by atoms with Crippen molar-refractivity contribution < 1.29 is 4.79 Å². The van der Waals surface area contributed by atoms with Gasteiger partial charge < -0.3 is 9.80 Å². The maximum absolute atomic E-state index is 12.9. The largest absolute Gasteiger partial charge is 0.356 e. The lowest BCUT2D eigenvalue weighted by Crippen LogP contribution is -2.45. The molecule has 0 N–H and O–H groups in total. The number of thiophene rings is 1. The number of nitrogens with zero attached hydrogens (tertiary/aromatic N) is 4. The van der Waals surface area contributed by atoms with Crippen LogP contribution in [0.25, 0.3) is 10.2 Å². The van der Waals surface area contributed by atoms with E-state index in [4.69, 9.17) is 0 Å². The number of piperidine rings is 1. The lowest BCUT2D eigenvalue weighted by atomic mass is 9.94. The molecule has 1 saturated heterocycles. The van der Waals surface area contributed by atoms with Gasteiger partial charge in [0.25, 0.3) is 0 Å². The van der Waals surface area contributed by atoms with Crippen LogP contribution in [0.1, 0.15) is 43.0 Å². The SMILES string of the molecule is Cc1sc2ncnc(N3CCC(C(=O)N(C)C(C)C4CC4)CC3)c2c1C. The average molecular weight is 373 g/mol.